The van der Waals surface area contributed by atoms with Gasteiger partial charge >= 0.3 is 6.18 Å². The Morgan fingerprint density at radius 2 is 1.86 bits per heavy atom. The van der Waals surface area contributed by atoms with Gasteiger partial charge in [0.1, 0.15) is 10.7 Å². The first kappa shape index (κ1) is 15.5. The first-order valence-electron chi connectivity index (χ1n) is 5.53. The summed E-state index contributed by atoms with van der Waals surface area (Å²) in [6.07, 6.45) is -1.77. The Labute approximate surface area is 128 Å². The zero-order chi connectivity index (χ0) is 15.6. The van der Waals surface area contributed by atoms with Crippen molar-refractivity contribution < 1.29 is 13.2 Å². The number of thiocarbonyl (C=S) groups is 1. The summed E-state index contributed by atoms with van der Waals surface area (Å²) in [5.74, 6) is 0.153. The monoisotopic (exact) mass is 332 g/mol. The molecule has 0 fully saturated rings. The van der Waals surface area contributed by atoms with Gasteiger partial charge in [-0.05, 0) is 18.2 Å². The zero-order valence-corrected chi connectivity index (χ0v) is 11.9. The van der Waals surface area contributed by atoms with Gasteiger partial charge in [0.2, 0.25) is 0 Å². The molecule has 0 unspecified atom stereocenters. The maximum atomic E-state index is 12.7. The fraction of sp³-hybridized carbons (Fsp3) is 0.0833. The summed E-state index contributed by atoms with van der Waals surface area (Å²) in [7, 11) is 0. The third kappa shape index (κ3) is 3.79. The number of halogens is 4. The molecule has 1 aromatic heterocycles. The van der Waals surface area contributed by atoms with Gasteiger partial charge in [0.25, 0.3) is 0 Å². The summed E-state index contributed by atoms with van der Waals surface area (Å²) in [5, 5.41) is 2.62. The van der Waals surface area contributed by atoms with Crippen LogP contribution in [0.3, 0.4) is 0 Å². The summed E-state index contributed by atoms with van der Waals surface area (Å²) in [6, 6.07) is 3.07. The largest absolute Gasteiger partial charge is 0.416 e. The zero-order valence-electron chi connectivity index (χ0n) is 10.3. The number of rotatable bonds is 3. The lowest BCUT2D eigenvalue weighted by Gasteiger charge is -2.12. The molecule has 0 bridgehead atoms. The summed E-state index contributed by atoms with van der Waals surface area (Å²) in [5.41, 5.74) is 4.89. The molecule has 4 nitrogen and oxygen atoms in total. The molecule has 0 aliphatic rings. The molecule has 0 saturated heterocycles. The normalized spacial score (nSPS) is 11.2. The fourth-order valence-corrected chi connectivity index (χ4v) is 1.96. The minimum atomic E-state index is -4.50. The Bertz CT molecular complexity index is 690. The summed E-state index contributed by atoms with van der Waals surface area (Å²) >= 11 is 10.5. The topological polar surface area (TPSA) is 63.8 Å². The average Bonchev–Trinajstić information content (AvgIpc) is 2.37. The van der Waals surface area contributed by atoms with E-state index in [0.717, 1.165) is 12.1 Å². The van der Waals surface area contributed by atoms with Gasteiger partial charge < -0.3 is 11.1 Å². The molecular formula is C12H8ClF3N4S. The van der Waals surface area contributed by atoms with Crippen LogP contribution in [0, 0.1) is 0 Å². The molecule has 0 saturated carbocycles. The molecule has 3 N–H and O–H groups in total. The predicted octanol–water partition coefficient (Wildman–Crippen LogP) is 3.53. The summed E-state index contributed by atoms with van der Waals surface area (Å²) in [4.78, 5) is 7.85. The molecule has 1 aromatic carbocycles. The van der Waals surface area contributed by atoms with Crippen LogP contribution in [0.5, 0.6) is 0 Å². The van der Waals surface area contributed by atoms with Crippen LogP contribution >= 0.6 is 23.8 Å². The number of benzene rings is 1. The highest BCUT2D eigenvalue weighted by Crippen LogP contribution is 2.34. The summed E-state index contributed by atoms with van der Waals surface area (Å²) in [6.45, 7) is 0. The molecule has 2 aromatic rings. The third-order valence-electron chi connectivity index (χ3n) is 2.42. The second-order valence-electron chi connectivity index (χ2n) is 3.97. The minimum Gasteiger partial charge on any atom is -0.388 e. The van der Waals surface area contributed by atoms with E-state index in [1.807, 2.05) is 0 Å². The van der Waals surface area contributed by atoms with Crippen molar-refractivity contribution in [1.82, 2.24) is 9.97 Å². The van der Waals surface area contributed by atoms with Crippen molar-refractivity contribution >= 4 is 40.3 Å². The van der Waals surface area contributed by atoms with E-state index in [4.69, 9.17) is 29.6 Å². The number of nitrogens with two attached hydrogens (primary N) is 1. The third-order valence-corrected chi connectivity index (χ3v) is 2.83. The van der Waals surface area contributed by atoms with Crippen LogP contribution in [-0.2, 0) is 6.18 Å². The molecule has 110 valence electrons. The molecule has 2 rings (SSSR count). The van der Waals surface area contributed by atoms with Crippen LogP contribution in [0.1, 0.15) is 11.3 Å². The lowest BCUT2D eigenvalue weighted by molar-refractivity contribution is -0.137. The van der Waals surface area contributed by atoms with E-state index in [1.54, 1.807) is 0 Å². The first-order chi connectivity index (χ1) is 9.77. The summed E-state index contributed by atoms with van der Waals surface area (Å²) < 4.78 is 38.2. The number of hydrogen-bond acceptors (Lipinski definition) is 4. The van der Waals surface area contributed by atoms with Crippen LogP contribution in [0.4, 0.5) is 24.7 Å². The van der Waals surface area contributed by atoms with E-state index in [2.05, 4.69) is 15.3 Å². The molecule has 0 amide bonds. The Balaban J connectivity index is 2.41. The van der Waals surface area contributed by atoms with Crippen molar-refractivity contribution in [3.05, 3.63) is 46.9 Å². The molecule has 0 aliphatic carbocycles. The van der Waals surface area contributed by atoms with Gasteiger partial charge in [-0.15, -0.1) is 0 Å². The maximum absolute atomic E-state index is 12.7. The van der Waals surface area contributed by atoms with Crippen molar-refractivity contribution in [2.45, 2.75) is 6.18 Å². The van der Waals surface area contributed by atoms with Crippen LogP contribution in [-0.4, -0.2) is 15.0 Å². The van der Waals surface area contributed by atoms with Gasteiger partial charge in [0.15, 0.2) is 5.82 Å². The number of nitrogens with one attached hydrogen (secondary N) is 1. The number of nitrogens with zero attached hydrogens (tertiary/aromatic N) is 2. The molecule has 0 radical (unpaired) electrons. The van der Waals surface area contributed by atoms with Crippen molar-refractivity contribution in [2.24, 2.45) is 5.73 Å². The van der Waals surface area contributed by atoms with Crippen LogP contribution < -0.4 is 11.1 Å². The standard InChI is InChI=1S/C12H8ClF3N4S/c13-7-3-6(12(14,15)16)4-8(5-7)20-11-9(10(17)21)18-1-2-19-11/h1-5H,(H2,17,21)(H,19,20). The van der Waals surface area contributed by atoms with Crippen LogP contribution in [0.2, 0.25) is 5.02 Å². The van der Waals surface area contributed by atoms with E-state index in [9.17, 15) is 13.2 Å². The fourth-order valence-electron chi connectivity index (χ4n) is 1.57. The molecule has 1 heterocycles. The Kier molecular flexibility index (Phi) is 4.29. The Morgan fingerprint density at radius 1 is 1.19 bits per heavy atom. The average molecular weight is 333 g/mol. The predicted molar refractivity (Wildman–Crippen MR) is 77.7 cm³/mol. The highest BCUT2D eigenvalue weighted by molar-refractivity contribution is 7.80. The van der Waals surface area contributed by atoms with E-state index < -0.39 is 11.7 Å². The molecular weight excluding hydrogens is 325 g/mol. The van der Waals surface area contributed by atoms with Crippen molar-refractivity contribution in [2.75, 3.05) is 5.32 Å². The second-order valence-corrected chi connectivity index (χ2v) is 4.85. The van der Waals surface area contributed by atoms with Gasteiger partial charge in [-0.3, -0.25) is 0 Å². The highest BCUT2D eigenvalue weighted by atomic mass is 35.5. The second kappa shape index (κ2) is 5.82. The van der Waals surface area contributed by atoms with Crippen molar-refractivity contribution in [3.63, 3.8) is 0 Å². The van der Waals surface area contributed by atoms with Gasteiger partial charge in [-0.2, -0.15) is 13.2 Å². The molecule has 0 aliphatic heterocycles. The number of hydrogen-bond donors (Lipinski definition) is 2. The Hall–Kier alpha value is -1.93. The van der Waals surface area contributed by atoms with E-state index in [0.29, 0.717) is 0 Å². The molecule has 0 spiro atoms. The number of aromatic nitrogens is 2. The molecule has 21 heavy (non-hydrogen) atoms. The van der Waals surface area contributed by atoms with Gasteiger partial charge in [0.05, 0.1) is 5.56 Å². The first-order valence-corrected chi connectivity index (χ1v) is 6.31. The van der Waals surface area contributed by atoms with Crippen LogP contribution in [0.15, 0.2) is 30.6 Å². The minimum absolute atomic E-state index is 0.0244. The Morgan fingerprint density at radius 3 is 2.48 bits per heavy atom. The lowest BCUT2D eigenvalue weighted by atomic mass is 10.2. The van der Waals surface area contributed by atoms with Crippen molar-refractivity contribution in [1.29, 1.82) is 0 Å². The quantitative estimate of drug-likeness (QED) is 0.842. The van der Waals surface area contributed by atoms with Gasteiger partial charge in [-0.25, -0.2) is 9.97 Å². The number of alkyl halides is 3. The lowest BCUT2D eigenvalue weighted by Crippen LogP contribution is -2.15. The highest BCUT2D eigenvalue weighted by Gasteiger charge is 2.31. The van der Waals surface area contributed by atoms with Gasteiger partial charge in [-0.1, -0.05) is 23.8 Å². The maximum Gasteiger partial charge on any atom is 0.416 e. The van der Waals surface area contributed by atoms with E-state index in [-0.39, 0.29) is 27.2 Å². The SMILES string of the molecule is NC(=S)c1nccnc1Nc1cc(Cl)cc(C(F)(F)F)c1. The molecule has 0 atom stereocenters. The van der Waals surface area contributed by atoms with Gasteiger partial charge in [0, 0.05) is 23.1 Å². The van der Waals surface area contributed by atoms with E-state index >= 15 is 0 Å². The van der Waals surface area contributed by atoms with Crippen LogP contribution in [0.25, 0.3) is 0 Å². The van der Waals surface area contributed by atoms with E-state index in [1.165, 1.54) is 18.5 Å². The molecule has 9 heteroatoms. The smallest absolute Gasteiger partial charge is 0.388 e. The number of anilines is 2. The van der Waals surface area contributed by atoms with Crippen molar-refractivity contribution in [3.8, 4) is 0 Å².